The number of alkyl halides is 1. The molecule has 0 heterocycles. The largest absolute Gasteiger partial charge is 0.117 e. The molecule has 0 amide bonds. The third kappa shape index (κ3) is 1.62. The molecule has 0 fully saturated rings. The van der Waals surface area contributed by atoms with Crippen molar-refractivity contribution >= 4 is 11.6 Å². The Hall–Kier alpha value is -1.01. The van der Waals surface area contributed by atoms with Gasteiger partial charge in [0.2, 0.25) is 0 Å². The van der Waals surface area contributed by atoms with E-state index in [1.54, 1.807) is 0 Å². The number of fused-ring (bicyclic) bond motifs is 1. The fraction of sp³-hybridized carbons (Fsp3) is 0.231. The second-order valence-corrected chi connectivity index (χ2v) is 3.90. The minimum absolute atomic E-state index is 0.0381. The van der Waals surface area contributed by atoms with Crippen LogP contribution in [0.5, 0.6) is 0 Å². The van der Waals surface area contributed by atoms with Gasteiger partial charge in [-0.15, -0.1) is 11.6 Å². The summed E-state index contributed by atoms with van der Waals surface area (Å²) in [5.41, 5.74) is 2.46. The van der Waals surface area contributed by atoms with Crippen LogP contribution >= 0.6 is 11.6 Å². The van der Waals surface area contributed by atoms with Crippen LogP contribution in [0.1, 0.15) is 24.0 Å². The first-order chi connectivity index (χ1) is 6.83. The van der Waals surface area contributed by atoms with Crippen molar-refractivity contribution in [3.63, 3.8) is 0 Å². The van der Waals surface area contributed by atoms with E-state index in [9.17, 15) is 0 Å². The highest BCUT2D eigenvalue weighted by Crippen LogP contribution is 2.33. The fourth-order valence-electron chi connectivity index (χ4n) is 1.76. The van der Waals surface area contributed by atoms with Crippen LogP contribution in [-0.4, -0.2) is 5.38 Å². The Balaban J connectivity index is 2.30. The van der Waals surface area contributed by atoms with E-state index in [4.69, 9.17) is 11.6 Å². The maximum absolute atomic E-state index is 6.26. The van der Waals surface area contributed by atoms with Gasteiger partial charge in [-0.1, -0.05) is 42.5 Å². The number of allylic oxidation sites excluding steroid dienone is 3. The predicted octanol–water partition coefficient (Wildman–Crippen LogP) is 3.67. The zero-order valence-corrected chi connectivity index (χ0v) is 8.83. The van der Waals surface area contributed by atoms with Gasteiger partial charge >= 0.3 is 0 Å². The average Bonchev–Trinajstić information content (AvgIpc) is 2.61. The molecule has 0 spiro atoms. The summed E-state index contributed by atoms with van der Waals surface area (Å²) in [5.74, 6) is 0.282. The smallest absolute Gasteiger partial charge is 0.0619 e. The molecule has 1 aliphatic carbocycles. The molecule has 2 atom stereocenters. The van der Waals surface area contributed by atoms with E-state index in [1.165, 1.54) is 11.1 Å². The van der Waals surface area contributed by atoms with Crippen LogP contribution < -0.4 is 0 Å². The number of rotatable bonds is 2. The first-order valence-corrected chi connectivity index (χ1v) is 5.22. The summed E-state index contributed by atoms with van der Waals surface area (Å²) in [6, 6.07) is 8.27. The van der Waals surface area contributed by atoms with Crippen LogP contribution in [0, 0.1) is 6.08 Å². The monoisotopic (exact) mass is 203 g/mol. The summed E-state index contributed by atoms with van der Waals surface area (Å²) in [6.07, 6.45) is 9.32. The first kappa shape index (κ1) is 9.54. The third-order valence-electron chi connectivity index (χ3n) is 2.46. The summed E-state index contributed by atoms with van der Waals surface area (Å²) in [5, 5.41) is 0.0381. The van der Waals surface area contributed by atoms with Crippen molar-refractivity contribution in [3.05, 3.63) is 59.7 Å². The van der Waals surface area contributed by atoms with Crippen LogP contribution in [0.4, 0.5) is 0 Å². The molecular weight excluding hydrogens is 192 g/mol. The molecule has 2 unspecified atom stereocenters. The van der Waals surface area contributed by atoms with Crippen molar-refractivity contribution in [3.8, 4) is 0 Å². The first-order valence-electron chi connectivity index (χ1n) is 4.78. The second kappa shape index (κ2) is 4.02. The van der Waals surface area contributed by atoms with Gasteiger partial charge in [-0.25, -0.2) is 0 Å². The summed E-state index contributed by atoms with van der Waals surface area (Å²) in [7, 11) is 0. The van der Waals surface area contributed by atoms with Crippen LogP contribution in [0.15, 0.2) is 42.5 Å². The molecule has 1 radical (unpaired) electrons. The number of hydrogen-bond acceptors (Lipinski definition) is 0. The molecule has 1 aliphatic rings. The number of hydrogen-bond donors (Lipinski definition) is 0. The SMILES string of the molecule is C/C=C/C(Cl)C1C=[C]c2ccccc21. The standard InChI is InChI=1S/C13H12Cl/c1-2-5-13(14)12-9-8-10-6-3-4-7-11(10)12/h2-7,9,12-13H,1H3/b5-2+. The van der Waals surface area contributed by atoms with Gasteiger partial charge in [0, 0.05) is 5.92 Å². The maximum atomic E-state index is 6.26. The molecule has 0 N–H and O–H groups in total. The predicted molar refractivity (Wildman–Crippen MR) is 60.6 cm³/mol. The van der Waals surface area contributed by atoms with Gasteiger partial charge in [-0.2, -0.15) is 0 Å². The zero-order valence-electron chi connectivity index (χ0n) is 8.07. The summed E-state index contributed by atoms with van der Waals surface area (Å²) in [4.78, 5) is 0. The lowest BCUT2D eigenvalue weighted by molar-refractivity contribution is 0.886. The van der Waals surface area contributed by atoms with E-state index in [1.807, 2.05) is 31.2 Å². The molecule has 0 aromatic heterocycles. The molecular formula is C13H12Cl. The van der Waals surface area contributed by atoms with Crippen molar-refractivity contribution in [2.75, 3.05) is 0 Å². The Morgan fingerprint density at radius 1 is 1.43 bits per heavy atom. The summed E-state index contributed by atoms with van der Waals surface area (Å²) < 4.78 is 0. The van der Waals surface area contributed by atoms with Gasteiger partial charge in [0.05, 0.1) is 5.38 Å². The van der Waals surface area contributed by atoms with Crippen LogP contribution in [-0.2, 0) is 0 Å². The van der Waals surface area contributed by atoms with E-state index in [2.05, 4.69) is 24.3 Å². The van der Waals surface area contributed by atoms with Crippen LogP contribution in [0.2, 0.25) is 0 Å². The molecule has 1 aromatic rings. The van der Waals surface area contributed by atoms with Gasteiger partial charge in [0.15, 0.2) is 0 Å². The molecule has 0 nitrogen and oxygen atoms in total. The Morgan fingerprint density at radius 3 is 3.00 bits per heavy atom. The molecule has 71 valence electrons. The van der Waals surface area contributed by atoms with Gasteiger partial charge < -0.3 is 0 Å². The normalized spacial score (nSPS) is 21.4. The topological polar surface area (TPSA) is 0 Å². The van der Waals surface area contributed by atoms with Crippen molar-refractivity contribution in [1.29, 1.82) is 0 Å². The molecule has 1 aromatic carbocycles. The lowest BCUT2D eigenvalue weighted by Gasteiger charge is -2.13. The number of halogens is 1. The van der Waals surface area contributed by atoms with Crippen molar-refractivity contribution in [1.82, 2.24) is 0 Å². The van der Waals surface area contributed by atoms with Crippen LogP contribution in [0.25, 0.3) is 0 Å². The van der Waals surface area contributed by atoms with Gasteiger partial charge in [-0.3, -0.25) is 0 Å². The molecule has 14 heavy (non-hydrogen) atoms. The van der Waals surface area contributed by atoms with Gasteiger partial charge in [0.1, 0.15) is 0 Å². The molecule has 0 aliphatic heterocycles. The second-order valence-electron chi connectivity index (χ2n) is 3.39. The Kier molecular flexibility index (Phi) is 2.74. The van der Waals surface area contributed by atoms with Crippen LogP contribution in [0.3, 0.4) is 0 Å². The Bertz CT molecular complexity index is 377. The molecule has 1 heteroatoms. The zero-order chi connectivity index (χ0) is 9.97. The Morgan fingerprint density at radius 2 is 2.21 bits per heavy atom. The quantitative estimate of drug-likeness (QED) is 0.508. The van der Waals surface area contributed by atoms with Gasteiger partial charge in [0.25, 0.3) is 0 Å². The van der Waals surface area contributed by atoms with E-state index in [-0.39, 0.29) is 11.3 Å². The highest BCUT2D eigenvalue weighted by atomic mass is 35.5. The summed E-state index contributed by atoms with van der Waals surface area (Å²) in [6.45, 7) is 1.99. The van der Waals surface area contributed by atoms with Gasteiger partial charge in [-0.05, 0) is 24.1 Å². The minimum atomic E-state index is 0.0381. The fourth-order valence-corrected chi connectivity index (χ4v) is 2.11. The molecule has 0 bridgehead atoms. The Labute approximate surface area is 89.9 Å². The number of benzene rings is 1. The average molecular weight is 204 g/mol. The molecule has 0 saturated carbocycles. The molecule has 0 saturated heterocycles. The van der Waals surface area contributed by atoms with E-state index < -0.39 is 0 Å². The third-order valence-corrected chi connectivity index (χ3v) is 2.87. The maximum Gasteiger partial charge on any atom is 0.0619 e. The summed E-state index contributed by atoms with van der Waals surface area (Å²) >= 11 is 6.26. The van der Waals surface area contributed by atoms with Crippen molar-refractivity contribution < 1.29 is 0 Å². The van der Waals surface area contributed by atoms with E-state index in [0.29, 0.717) is 0 Å². The lowest BCUT2D eigenvalue weighted by Crippen LogP contribution is -2.06. The van der Waals surface area contributed by atoms with E-state index >= 15 is 0 Å². The van der Waals surface area contributed by atoms with Crippen molar-refractivity contribution in [2.45, 2.75) is 18.2 Å². The van der Waals surface area contributed by atoms with E-state index in [0.717, 1.165) is 0 Å². The highest BCUT2D eigenvalue weighted by Gasteiger charge is 2.22. The minimum Gasteiger partial charge on any atom is -0.117 e. The lowest BCUT2D eigenvalue weighted by atomic mass is 9.97. The highest BCUT2D eigenvalue weighted by molar-refractivity contribution is 6.22. The molecule has 2 rings (SSSR count). The van der Waals surface area contributed by atoms with Crippen molar-refractivity contribution in [2.24, 2.45) is 0 Å².